The standard InChI is InChI=1S/C17H21N5O2S/c1-13-11-18-16(25-13)20-15(23)12-19-17(24)22-9-7-21(8-10-22)14-5-3-2-4-6-14/h2-6,11H,7-10,12H2,1H3,(H,19,24)(H,18,20,23). The maximum atomic E-state index is 12.2. The zero-order valence-corrected chi connectivity index (χ0v) is 14.9. The average Bonchev–Trinajstić information content (AvgIpc) is 3.05. The van der Waals surface area contributed by atoms with E-state index in [-0.39, 0.29) is 18.5 Å². The van der Waals surface area contributed by atoms with E-state index in [4.69, 9.17) is 0 Å². The van der Waals surface area contributed by atoms with Crippen LogP contribution in [0, 0.1) is 6.92 Å². The first-order chi connectivity index (χ1) is 12.1. The summed E-state index contributed by atoms with van der Waals surface area (Å²) in [5.74, 6) is -0.273. The Morgan fingerprint density at radius 1 is 1.16 bits per heavy atom. The van der Waals surface area contributed by atoms with Crippen LogP contribution in [0.15, 0.2) is 36.5 Å². The molecule has 8 heteroatoms. The fraction of sp³-hybridized carbons (Fsp3) is 0.353. The van der Waals surface area contributed by atoms with Crippen LogP contribution in [0.2, 0.25) is 0 Å². The molecule has 7 nitrogen and oxygen atoms in total. The molecule has 2 aromatic rings. The van der Waals surface area contributed by atoms with Crippen molar-refractivity contribution >= 4 is 34.1 Å². The topological polar surface area (TPSA) is 77.6 Å². The minimum atomic E-state index is -0.273. The number of para-hydroxylation sites is 1. The molecular weight excluding hydrogens is 338 g/mol. The summed E-state index contributed by atoms with van der Waals surface area (Å²) in [5, 5.41) is 5.89. The number of aryl methyl sites for hydroxylation is 1. The molecule has 1 aliphatic rings. The van der Waals surface area contributed by atoms with Gasteiger partial charge in [0.1, 0.15) is 0 Å². The zero-order chi connectivity index (χ0) is 17.6. The van der Waals surface area contributed by atoms with Gasteiger partial charge in [-0.25, -0.2) is 9.78 Å². The van der Waals surface area contributed by atoms with E-state index in [0.717, 1.165) is 18.0 Å². The number of nitrogens with zero attached hydrogens (tertiary/aromatic N) is 3. The Kier molecular flexibility index (Phi) is 5.49. The van der Waals surface area contributed by atoms with Crippen LogP contribution < -0.4 is 15.5 Å². The molecule has 0 saturated carbocycles. The predicted octanol–water partition coefficient (Wildman–Crippen LogP) is 1.92. The SMILES string of the molecule is Cc1cnc(NC(=O)CNC(=O)N2CCN(c3ccccc3)CC2)s1. The zero-order valence-electron chi connectivity index (χ0n) is 14.1. The van der Waals surface area contributed by atoms with Crippen molar-refractivity contribution in [2.75, 3.05) is 42.9 Å². The number of nitrogens with one attached hydrogen (secondary N) is 2. The van der Waals surface area contributed by atoms with E-state index >= 15 is 0 Å². The molecule has 0 atom stereocenters. The van der Waals surface area contributed by atoms with E-state index in [9.17, 15) is 9.59 Å². The molecule has 1 aromatic heterocycles. The Labute approximate surface area is 150 Å². The predicted molar refractivity (Wildman–Crippen MR) is 99.1 cm³/mol. The number of carbonyl (C=O) groups is 2. The van der Waals surface area contributed by atoms with E-state index in [2.05, 4.69) is 32.7 Å². The van der Waals surface area contributed by atoms with Gasteiger partial charge in [0.25, 0.3) is 0 Å². The Morgan fingerprint density at radius 3 is 2.52 bits per heavy atom. The van der Waals surface area contributed by atoms with Crippen LogP contribution in [0.3, 0.4) is 0 Å². The lowest BCUT2D eigenvalue weighted by Crippen LogP contribution is -2.52. The number of anilines is 2. The third-order valence-corrected chi connectivity index (χ3v) is 4.78. The monoisotopic (exact) mass is 359 g/mol. The highest BCUT2D eigenvalue weighted by molar-refractivity contribution is 7.15. The fourth-order valence-electron chi connectivity index (χ4n) is 2.65. The summed E-state index contributed by atoms with van der Waals surface area (Å²) in [4.78, 5) is 33.1. The van der Waals surface area contributed by atoms with Crippen molar-refractivity contribution in [3.05, 3.63) is 41.4 Å². The van der Waals surface area contributed by atoms with Crippen LogP contribution in [-0.2, 0) is 4.79 Å². The summed E-state index contributed by atoms with van der Waals surface area (Å²) in [5.41, 5.74) is 1.17. The lowest BCUT2D eigenvalue weighted by molar-refractivity contribution is -0.115. The molecule has 1 aliphatic heterocycles. The van der Waals surface area contributed by atoms with Crippen LogP contribution in [0.4, 0.5) is 15.6 Å². The third-order valence-electron chi connectivity index (χ3n) is 3.96. The van der Waals surface area contributed by atoms with Crippen LogP contribution >= 0.6 is 11.3 Å². The molecule has 0 aliphatic carbocycles. The quantitative estimate of drug-likeness (QED) is 0.874. The highest BCUT2D eigenvalue weighted by atomic mass is 32.1. The second kappa shape index (κ2) is 7.98. The van der Waals surface area contributed by atoms with Crippen molar-refractivity contribution in [2.45, 2.75) is 6.92 Å². The maximum absolute atomic E-state index is 12.2. The molecule has 3 rings (SSSR count). The van der Waals surface area contributed by atoms with Gasteiger partial charge in [0.05, 0.1) is 6.54 Å². The van der Waals surface area contributed by atoms with Crippen molar-refractivity contribution < 1.29 is 9.59 Å². The maximum Gasteiger partial charge on any atom is 0.317 e. The second-order valence-corrected chi connectivity index (χ2v) is 7.03. The Morgan fingerprint density at radius 2 is 1.88 bits per heavy atom. The first-order valence-electron chi connectivity index (χ1n) is 8.17. The second-order valence-electron chi connectivity index (χ2n) is 5.79. The van der Waals surface area contributed by atoms with E-state index in [1.165, 1.54) is 17.0 Å². The van der Waals surface area contributed by atoms with Crippen molar-refractivity contribution in [1.82, 2.24) is 15.2 Å². The van der Waals surface area contributed by atoms with E-state index < -0.39 is 0 Å². The molecule has 132 valence electrons. The van der Waals surface area contributed by atoms with Gasteiger partial charge in [0, 0.05) is 42.9 Å². The molecular formula is C17H21N5O2S. The summed E-state index contributed by atoms with van der Waals surface area (Å²) < 4.78 is 0. The molecule has 2 N–H and O–H groups in total. The number of benzene rings is 1. The highest BCUT2D eigenvalue weighted by Gasteiger charge is 2.21. The summed E-state index contributed by atoms with van der Waals surface area (Å²) >= 11 is 1.40. The van der Waals surface area contributed by atoms with Crippen molar-refractivity contribution in [1.29, 1.82) is 0 Å². The van der Waals surface area contributed by atoms with Crippen molar-refractivity contribution in [3.63, 3.8) is 0 Å². The van der Waals surface area contributed by atoms with Crippen LogP contribution in [0.25, 0.3) is 0 Å². The summed E-state index contributed by atoms with van der Waals surface area (Å²) in [6.45, 7) is 4.69. The van der Waals surface area contributed by atoms with Crippen LogP contribution in [0.1, 0.15) is 4.88 Å². The van der Waals surface area contributed by atoms with E-state index in [0.29, 0.717) is 18.2 Å². The number of rotatable bonds is 4. The molecule has 0 radical (unpaired) electrons. The molecule has 0 bridgehead atoms. The van der Waals surface area contributed by atoms with Gasteiger partial charge in [0.15, 0.2) is 5.13 Å². The summed E-state index contributed by atoms with van der Waals surface area (Å²) in [6.07, 6.45) is 1.70. The van der Waals surface area contributed by atoms with Gasteiger partial charge in [-0.05, 0) is 19.1 Å². The number of hydrogen-bond acceptors (Lipinski definition) is 5. The fourth-order valence-corrected chi connectivity index (χ4v) is 3.33. The molecule has 3 amide bonds. The largest absolute Gasteiger partial charge is 0.368 e. The number of hydrogen-bond donors (Lipinski definition) is 2. The lowest BCUT2D eigenvalue weighted by Gasteiger charge is -2.36. The normalized spacial score (nSPS) is 14.3. The van der Waals surface area contributed by atoms with Gasteiger partial charge in [-0.15, -0.1) is 11.3 Å². The highest BCUT2D eigenvalue weighted by Crippen LogP contribution is 2.16. The van der Waals surface area contributed by atoms with Crippen LogP contribution in [-0.4, -0.2) is 54.5 Å². The molecule has 0 spiro atoms. The molecule has 1 fully saturated rings. The molecule has 1 saturated heterocycles. The first kappa shape index (κ1) is 17.2. The van der Waals surface area contributed by atoms with Gasteiger partial charge in [0.2, 0.25) is 5.91 Å². The van der Waals surface area contributed by atoms with Gasteiger partial charge in [-0.2, -0.15) is 0 Å². The summed E-state index contributed by atoms with van der Waals surface area (Å²) in [7, 11) is 0. The lowest BCUT2D eigenvalue weighted by atomic mass is 10.2. The minimum Gasteiger partial charge on any atom is -0.368 e. The molecule has 2 heterocycles. The van der Waals surface area contributed by atoms with E-state index in [1.54, 1.807) is 11.1 Å². The van der Waals surface area contributed by atoms with Gasteiger partial charge in [-0.3, -0.25) is 4.79 Å². The first-order valence-corrected chi connectivity index (χ1v) is 8.98. The number of aromatic nitrogens is 1. The number of carbonyl (C=O) groups excluding carboxylic acids is 2. The Bertz CT molecular complexity index is 726. The number of piperazine rings is 1. The van der Waals surface area contributed by atoms with Crippen LogP contribution in [0.5, 0.6) is 0 Å². The molecule has 0 unspecified atom stereocenters. The van der Waals surface area contributed by atoms with Gasteiger partial charge < -0.3 is 20.4 Å². The Balaban J connectivity index is 1.41. The minimum absolute atomic E-state index is 0.0592. The Hall–Kier alpha value is -2.61. The smallest absolute Gasteiger partial charge is 0.317 e. The number of amides is 3. The molecule has 25 heavy (non-hydrogen) atoms. The van der Waals surface area contributed by atoms with E-state index in [1.807, 2.05) is 25.1 Å². The molecule has 1 aromatic carbocycles. The summed E-state index contributed by atoms with van der Waals surface area (Å²) in [6, 6.07) is 9.94. The van der Waals surface area contributed by atoms with Crippen molar-refractivity contribution in [3.8, 4) is 0 Å². The average molecular weight is 359 g/mol. The van der Waals surface area contributed by atoms with Crippen molar-refractivity contribution in [2.24, 2.45) is 0 Å². The van der Waals surface area contributed by atoms with Gasteiger partial charge in [-0.1, -0.05) is 18.2 Å². The number of thiazole rings is 1. The third kappa shape index (κ3) is 4.69. The number of urea groups is 1. The van der Waals surface area contributed by atoms with Gasteiger partial charge >= 0.3 is 6.03 Å².